The zero-order valence-corrected chi connectivity index (χ0v) is 16.4. The maximum Gasteiger partial charge on any atom is 0.191 e. The van der Waals surface area contributed by atoms with Crippen LogP contribution in [0, 0.1) is 6.92 Å². The molecular weight excluding hydrogens is 409 g/mol. The first-order chi connectivity index (χ1) is 10.3. The molecule has 1 aromatic rings. The van der Waals surface area contributed by atoms with Crippen molar-refractivity contribution in [1.29, 1.82) is 0 Å². The number of guanidine groups is 1. The van der Waals surface area contributed by atoms with Crippen LogP contribution in [0.1, 0.15) is 18.4 Å². The second-order valence-corrected chi connectivity index (χ2v) is 6.54. The molecule has 1 saturated heterocycles. The second-order valence-electron chi connectivity index (χ2n) is 5.13. The molecule has 2 N–H and O–H groups in total. The lowest BCUT2D eigenvalue weighted by Gasteiger charge is -2.15. The van der Waals surface area contributed by atoms with Gasteiger partial charge in [-0.2, -0.15) is 11.8 Å². The van der Waals surface area contributed by atoms with E-state index in [-0.39, 0.29) is 24.0 Å². The van der Waals surface area contributed by atoms with Gasteiger partial charge in [-0.3, -0.25) is 4.99 Å². The zero-order chi connectivity index (χ0) is 14.9. The quantitative estimate of drug-likeness (QED) is 0.312. The molecule has 1 unspecified atom stereocenters. The molecule has 0 saturated carbocycles. The number of ether oxygens (including phenoxy) is 1. The fourth-order valence-electron chi connectivity index (χ4n) is 2.29. The van der Waals surface area contributed by atoms with Crippen LogP contribution in [0.15, 0.2) is 29.3 Å². The molecule has 22 heavy (non-hydrogen) atoms. The molecule has 1 aliphatic rings. The van der Waals surface area contributed by atoms with Crippen LogP contribution in [-0.2, 0) is 0 Å². The Labute approximate surface area is 154 Å². The summed E-state index contributed by atoms with van der Waals surface area (Å²) in [5.74, 6) is 3.10. The Bertz CT molecular complexity index is 464. The number of halogens is 1. The van der Waals surface area contributed by atoms with Crippen LogP contribution in [0.25, 0.3) is 0 Å². The number of hydrogen-bond donors (Lipinski definition) is 2. The molecule has 1 fully saturated rings. The van der Waals surface area contributed by atoms with E-state index >= 15 is 0 Å². The van der Waals surface area contributed by atoms with E-state index in [4.69, 9.17) is 4.74 Å². The maximum atomic E-state index is 5.76. The summed E-state index contributed by atoms with van der Waals surface area (Å²) >= 11 is 2.05. The molecule has 0 spiro atoms. The lowest BCUT2D eigenvalue weighted by molar-refractivity contribution is 0.320. The molecule has 124 valence electrons. The van der Waals surface area contributed by atoms with Crippen molar-refractivity contribution < 1.29 is 4.74 Å². The number of thioether (sulfide) groups is 1. The van der Waals surface area contributed by atoms with Gasteiger partial charge in [0, 0.05) is 18.8 Å². The summed E-state index contributed by atoms with van der Waals surface area (Å²) < 4.78 is 5.76. The predicted molar refractivity (Wildman–Crippen MR) is 107 cm³/mol. The van der Waals surface area contributed by atoms with Crippen LogP contribution in [0.2, 0.25) is 0 Å². The molecule has 1 atom stereocenters. The lowest BCUT2D eigenvalue weighted by Crippen LogP contribution is -2.41. The van der Waals surface area contributed by atoms with Crippen molar-refractivity contribution in [3.05, 3.63) is 29.8 Å². The maximum absolute atomic E-state index is 5.76. The van der Waals surface area contributed by atoms with Gasteiger partial charge < -0.3 is 15.4 Å². The first-order valence-electron chi connectivity index (χ1n) is 7.54. The van der Waals surface area contributed by atoms with E-state index in [9.17, 15) is 0 Å². The average molecular weight is 435 g/mol. The van der Waals surface area contributed by atoms with E-state index in [1.807, 2.05) is 18.2 Å². The lowest BCUT2D eigenvalue weighted by atomic mass is 10.2. The Morgan fingerprint density at radius 1 is 1.36 bits per heavy atom. The number of para-hydroxylation sites is 1. The third-order valence-electron chi connectivity index (χ3n) is 3.49. The Kier molecular flexibility index (Phi) is 9.70. The highest BCUT2D eigenvalue weighted by Crippen LogP contribution is 2.25. The van der Waals surface area contributed by atoms with E-state index in [0.29, 0.717) is 6.61 Å². The Morgan fingerprint density at radius 3 is 2.86 bits per heavy atom. The minimum absolute atomic E-state index is 0. The largest absolute Gasteiger partial charge is 0.491 e. The summed E-state index contributed by atoms with van der Waals surface area (Å²) in [6, 6.07) is 8.07. The fraction of sp³-hybridized carbons (Fsp3) is 0.562. The van der Waals surface area contributed by atoms with Crippen molar-refractivity contribution in [1.82, 2.24) is 10.6 Å². The summed E-state index contributed by atoms with van der Waals surface area (Å²) in [6.45, 7) is 4.42. The summed E-state index contributed by atoms with van der Waals surface area (Å²) in [5, 5.41) is 7.40. The average Bonchev–Trinajstić information content (AvgIpc) is 3.01. The van der Waals surface area contributed by atoms with Gasteiger partial charge in [0.2, 0.25) is 0 Å². The molecule has 1 heterocycles. The van der Waals surface area contributed by atoms with Crippen molar-refractivity contribution in [3.8, 4) is 5.75 Å². The Morgan fingerprint density at radius 2 is 2.18 bits per heavy atom. The first-order valence-corrected chi connectivity index (χ1v) is 8.59. The highest BCUT2D eigenvalue weighted by atomic mass is 127. The Hall–Kier alpha value is -0.630. The topological polar surface area (TPSA) is 45.7 Å². The number of hydrogen-bond acceptors (Lipinski definition) is 3. The van der Waals surface area contributed by atoms with Gasteiger partial charge in [-0.25, -0.2) is 0 Å². The molecule has 1 aliphatic heterocycles. The summed E-state index contributed by atoms with van der Waals surface area (Å²) in [7, 11) is 1.80. The van der Waals surface area contributed by atoms with Crippen molar-refractivity contribution in [2.75, 3.05) is 32.5 Å². The molecule has 0 aromatic heterocycles. The van der Waals surface area contributed by atoms with Gasteiger partial charge in [-0.15, -0.1) is 24.0 Å². The van der Waals surface area contributed by atoms with Crippen LogP contribution < -0.4 is 15.4 Å². The van der Waals surface area contributed by atoms with E-state index in [1.54, 1.807) is 7.05 Å². The van der Waals surface area contributed by atoms with Gasteiger partial charge in [0.15, 0.2) is 5.96 Å². The van der Waals surface area contributed by atoms with Gasteiger partial charge >= 0.3 is 0 Å². The molecule has 6 heteroatoms. The van der Waals surface area contributed by atoms with Gasteiger partial charge in [0.05, 0.1) is 6.54 Å². The van der Waals surface area contributed by atoms with Gasteiger partial charge in [0.1, 0.15) is 12.4 Å². The molecule has 0 bridgehead atoms. The van der Waals surface area contributed by atoms with E-state index < -0.39 is 0 Å². The van der Waals surface area contributed by atoms with Crippen molar-refractivity contribution in [3.63, 3.8) is 0 Å². The van der Waals surface area contributed by atoms with E-state index in [2.05, 4.69) is 40.4 Å². The number of aryl methyl sites for hydroxylation is 1. The third-order valence-corrected chi connectivity index (χ3v) is 4.89. The molecule has 0 aliphatic carbocycles. The highest BCUT2D eigenvalue weighted by molar-refractivity contribution is 14.0. The van der Waals surface area contributed by atoms with Gasteiger partial charge in [-0.05, 0) is 37.1 Å². The van der Waals surface area contributed by atoms with Crippen LogP contribution in [0.3, 0.4) is 0 Å². The smallest absolute Gasteiger partial charge is 0.191 e. The summed E-state index contributed by atoms with van der Waals surface area (Å²) in [5.41, 5.74) is 1.17. The summed E-state index contributed by atoms with van der Waals surface area (Å²) in [4.78, 5) is 4.24. The number of nitrogens with one attached hydrogen (secondary N) is 2. The highest BCUT2D eigenvalue weighted by Gasteiger charge is 2.15. The zero-order valence-electron chi connectivity index (χ0n) is 13.3. The molecular formula is C16H26IN3OS. The van der Waals surface area contributed by atoms with Gasteiger partial charge in [-0.1, -0.05) is 18.2 Å². The van der Waals surface area contributed by atoms with Crippen LogP contribution in [0.5, 0.6) is 5.75 Å². The van der Waals surface area contributed by atoms with Crippen molar-refractivity contribution in [2.24, 2.45) is 4.99 Å². The van der Waals surface area contributed by atoms with Gasteiger partial charge in [0.25, 0.3) is 0 Å². The SMILES string of the molecule is CN=C(NCCOc1ccccc1C)NCC1CCCS1.I. The second kappa shape index (κ2) is 11.0. The first kappa shape index (κ1) is 19.4. The van der Waals surface area contributed by atoms with E-state index in [0.717, 1.165) is 30.0 Å². The van der Waals surface area contributed by atoms with Crippen molar-refractivity contribution in [2.45, 2.75) is 25.0 Å². The molecule has 2 rings (SSSR count). The monoisotopic (exact) mass is 435 g/mol. The fourth-order valence-corrected chi connectivity index (χ4v) is 3.49. The minimum Gasteiger partial charge on any atom is -0.491 e. The molecule has 0 amide bonds. The third kappa shape index (κ3) is 6.64. The van der Waals surface area contributed by atoms with Crippen LogP contribution in [-0.4, -0.2) is 43.7 Å². The van der Waals surface area contributed by atoms with Crippen molar-refractivity contribution >= 4 is 41.7 Å². The minimum atomic E-state index is 0. The standard InChI is InChI=1S/C16H25N3OS.HI/c1-13-6-3-4-8-15(13)20-10-9-18-16(17-2)19-12-14-7-5-11-21-14;/h3-4,6,8,14H,5,7,9-12H2,1-2H3,(H2,17,18,19);1H. The number of benzene rings is 1. The molecule has 4 nitrogen and oxygen atoms in total. The number of nitrogens with zero attached hydrogens (tertiary/aromatic N) is 1. The number of rotatable bonds is 6. The molecule has 1 aromatic carbocycles. The van der Waals surface area contributed by atoms with Crippen LogP contribution >= 0.6 is 35.7 Å². The Balaban J connectivity index is 0.00000242. The predicted octanol–water partition coefficient (Wildman–Crippen LogP) is 3.05. The molecule has 0 radical (unpaired) electrons. The normalized spacial score (nSPS) is 17.7. The van der Waals surface area contributed by atoms with E-state index in [1.165, 1.54) is 24.2 Å². The number of aliphatic imine (C=N–C) groups is 1. The summed E-state index contributed by atoms with van der Waals surface area (Å²) in [6.07, 6.45) is 2.65. The van der Waals surface area contributed by atoms with Crippen LogP contribution in [0.4, 0.5) is 0 Å².